The summed E-state index contributed by atoms with van der Waals surface area (Å²) < 4.78 is 12.1. The van der Waals surface area contributed by atoms with E-state index in [0.29, 0.717) is 18.6 Å². The topological polar surface area (TPSA) is 66.4 Å². The highest BCUT2D eigenvalue weighted by molar-refractivity contribution is 7.85. The van der Waals surface area contributed by atoms with Gasteiger partial charge in [-0.1, -0.05) is 31.9 Å². The van der Waals surface area contributed by atoms with Crippen LogP contribution in [0.5, 0.6) is 5.75 Å². The van der Waals surface area contributed by atoms with E-state index in [1.54, 1.807) is 12.1 Å². The van der Waals surface area contributed by atoms with Gasteiger partial charge in [-0.05, 0) is 37.0 Å². The summed E-state index contributed by atoms with van der Waals surface area (Å²) in [6, 6.07) is 6.99. The van der Waals surface area contributed by atoms with Crippen LogP contribution in [-0.2, 0) is 22.0 Å². The number of hydrogen-bond donors (Lipinski definition) is 2. The molecule has 2 rings (SSSR count). The Bertz CT molecular complexity index is 515. The molecule has 1 saturated carbocycles. The van der Waals surface area contributed by atoms with Gasteiger partial charge in [-0.3, -0.25) is 9.00 Å². The highest BCUT2D eigenvalue weighted by Crippen LogP contribution is 2.23. The minimum Gasteiger partial charge on any atom is -0.508 e. The molecule has 0 unspecified atom stereocenters. The van der Waals surface area contributed by atoms with Crippen molar-refractivity contribution in [2.45, 2.75) is 56.7 Å². The lowest BCUT2D eigenvalue weighted by Gasteiger charge is -2.31. The van der Waals surface area contributed by atoms with Crippen molar-refractivity contribution in [3.63, 3.8) is 0 Å². The third-order valence-corrected chi connectivity index (χ3v) is 6.06. The molecule has 1 amide bonds. The number of rotatable bonds is 6. The number of benzene rings is 1. The summed E-state index contributed by atoms with van der Waals surface area (Å²) in [5.41, 5.74) is 1.03. The maximum absolute atomic E-state index is 12.1. The van der Waals surface area contributed by atoms with Crippen LogP contribution in [0, 0.1) is 0 Å². The molecule has 5 heteroatoms. The number of amides is 1. The Balaban J connectivity index is 1.84. The van der Waals surface area contributed by atoms with E-state index in [4.69, 9.17) is 0 Å². The number of aromatic hydroxyl groups is 1. The monoisotopic (exact) mass is 323 g/mol. The van der Waals surface area contributed by atoms with E-state index in [0.717, 1.165) is 31.2 Å². The zero-order chi connectivity index (χ0) is 15.9. The van der Waals surface area contributed by atoms with Crippen molar-refractivity contribution in [2.75, 3.05) is 5.75 Å². The standard InChI is InChI=1S/C17H25NO3S/c1-2-22(21)16-6-4-3-5-15(16)18-17(20)12-9-13-7-10-14(19)11-8-13/h7-8,10-11,15-16,19H,2-6,9,12H2,1H3,(H,18,20)/t15-,16-,22+/m1/s1. The van der Waals surface area contributed by atoms with Gasteiger partial charge in [0.1, 0.15) is 5.75 Å². The van der Waals surface area contributed by atoms with Crippen LogP contribution in [0.3, 0.4) is 0 Å². The third-order valence-electron chi connectivity index (χ3n) is 4.25. The predicted molar refractivity (Wildman–Crippen MR) is 89.3 cm³/mol. The SMILES string of the molecule is CC[S@](=O)[C@@H]1CCCC[C@H]1NC(=O)CCc1ccc(O)cc1. The smallest absolute Gasteiger partial charge is 0.220 e. The fourth-order valence-electron chi connectivity index (χ4n) is 2.99. The largest absolute Gasteiger partial charge is 0.508 e. The number of phenols is 1. The molecular formula is C17H25NO3S. The summed E-state index contributed by atoms with van der Waals surface area (Å²) in [5.74, 6) is 0.920. The Morgan fingerprint density at radius 3 is 2.64 bits per heavy atom. The molecule has 0 aromatic heterocycles. The average Bonchev–Trinajstić information content (AvgIpc) is 2.54. The highest BCUT2D eigenvalue weighted by Gasteiger charge is 2.29. The van der Waals surface area contributed by atoms with E-state index in [2.05, 4.69) is 5.32 Å². The maximum atomic E-state index is 12.1. The normalized spacial score (nSPS) is 23.0. The van der Waals surface area contributed by atoms with Gasteiger partial charge in [-0.2, -0.15) is 0 Å². The van der Waals surface area contributed by atoms with E-state index in [9.17, 15) is 14.1 Å². The third kappa shape index (κ3) is 4.83. The number of nitrogens with one attached hydrogen (secondary N) is 1. The van der Waals surface area contributed by atoms with E-state index in [1.807, 2.05) is 19.1 Å². The van der Waals surface area contributed by atoms with Crippen molar-refractivity contribution in [3.8, 4) is 5.75 Å². The molecule has 0 spiro atoms. The summed E-state index contributed by atoms with van der Waals surface area (Å²) >= 11 is 0. The molecule has 0 radical (unpaired) electrons. The summed E-state index contributed by atoms with van der Waals surface area (Å²) in [4.78, 5) is 12.1. The molecular weight excluding hydrogens is 298 g/mol. The Morgan fingerprint density at radius 2 is 1.95 bits per heavy atom. The fourth-order valence-corrected chi connectivity index (χ4v) is 4.42. The average molecular weight is 323 g/mol. The van der Waals surface area contributed by atoms with E-state index in [-0.39, 0.29) is 22.9 Å². The molecule has 22 heavy (non-hydrogen) atoms. The first-order valence-electron chi connectivity index (χ1n) is 8.04. The zero-order valence-electron chi connectivity index (χ0n) is 13.1. The van der Waals surface area contributed by atoms with Crippen LogP contribution in [0.4, 0.5) is 0 Å². The van der Waals surface area contributed by atoms with Crippen molar-refractivity contribution in [2.24, 2.45) is 0 Å². The molecule has 1 aromatic carbocycles. The molecule has 2 N–H and O–H groups in total. The molecule has 0 aliphatic heterocycles. The summed E-state index contributed by atoms with van der Waals surface area (Å²) in [7, 11) is -0.845. The lowest BCUT2D eigenvalue weighted by Crippen LogP contribution is -2.47. The van der Waals surface area contributed by atoms with E-state index < -0.39 is 10.8 Å². The van der Waals surface area contributed by atoms with E-state index >= 15 is 0 Å². The van der Waals surface area contributed by atoms with Gasteiger partial charge in [0, 0.05) is 29.0 Å². The molecule has 1 aliphatic carbocycles. The van der Waals surface area contributed by atoms with Gasteiger partial charge in [0.05, 0.1) is 5.25 Å². The number of carbonyl (C=O) groups excluding carboxylic acids is 1. The molecule has 0 heterocycles. The number of aryl methyl sites for hydroxylation is 1. The molecule has 0 saturated heterocycles. The minimum absolute atomic E-state index is 0.0260. The van der Waals surface area contributed by atoms with Crippen LogP contribution in [0.1, 0.15) is 44.6 Å². The predicted octanol–water partition coefficient (Wildman–Crippen LogP) is 2.52. The Morgan fingerprint density at radius 1 is 1.27 bits per heavy atom. The van der Waals surface area contributed by atoms with Gasteiger partial charge in [0.2, 0.25) is 5.91 Å². The van der Waals surface area contributed by atoms with Crippen molar-refractivity contribution in [1.82, 2.24) is 5.32 Å². The maximum Gasteiger partial charge on any atom is 0.220 e. The van der Waals surface area contributed by atoms with Crippen LogP contribution < -0.4 is 5.32 Å². The second-order valence-corrected chi connectivity index (χ2v) is 7.78. The number of phenolic OH excluding ortho intramolecular Hbond substituents is 1. The second-order valence-electron chi connectivity index (χ2n) is 5.83. The quantitative estimate of drug-likeness (QED) is 0.845. The first kappa shape index (κ1) is 17.0. The first-order valence-corrected chi connectivity index (χ1v) is 9.42. The summed E-state index contributed by atoms with van der Waals surface area (Å²) in [6.45, 7) is 1.94. The molecule has 0 bridgehead atoms. The lowest BCUT2D eigenvalue weighted by atomic mass is 9.94. The fraction of sp³-hybridized carbons (Fsp3) is 0.588. The van der Waals surface area contributed by atoms with E-state index in [1.165, 1.54) is 0 Å². The Hall–Kier alpha value is -1.36. The van der Waals surface area contributed by atoms with Crippen LogP contribution in [-0.4, -0.2) is 32.3 Å². The van der Waals surface area contributed by atoms with Crippen molar-refractivity contribution < 1.29 is 14.1 Å². The van der Waals surface area contributed by atoms with Gasteiger partial charge >= 0.3 is 0 Å². The number of hydrogen-bond acceptors (Lipinski definition) is 3. The van der Waals surface area contributed by atoms with Crippen molar-refractivity contribution >= 4 is 16.7 Å². The Labute approximate surface area is 134 Å². The highest BCUT2D eigenvalue weighted by atomic mass is 32.2. The van der Waals surface area contributed by atoms with Gasteiger partial charge in [-0.15, -0.1) is 0 Å². The molecule has 1 aliphatic rings. The van der Waals surface area contributed by atoms with Gasteiger partial charge in [0.15, 0.2) is 0 Å². The minimum atomic E-state index is -0.845. The van der Waals surface area contributed by atoms with Crippen LogP contribution in [0.15, 0.2) is 24.3 Å². The van der Waals surface area contributed by atoms with Crippen LogP contribution in [0.25, 0.3) is 0 Å². The zero-order valence-corrected chi connectivity index (χ0v) is 13.9. The Kier molecular flexibility index (Phi) is 6.43. The van der Waals surface area contributed by atoms with Crippen molar-refractivity contribution in [1.29, 1.82) is 0 Å². The van der Waals surface area contributed by atoms with Crippen molar-refractivity contribution in [3.05, 3.63) is 29.8 Å². The molecule has 3 atom stereocenters. The molecule has 1 aromatic rings. The molecule has 1 fully saturated rings. The van der Waals surface area contributed by atoms with Crippen LogP contribution >= 0.6 is 0 Å². The lowest BCUT2D eigenvalue weighted by molar-refractivity contribution is -0.121. The van der Waals surface area contributed by atoms with Crippen LogP contribution in [0.2, 0.25) is 0 Å². The van der Waals surface area contributed by atoms with Gasteiger partial charge in [-0.25, -0.2) is 0 Å². The van der Waals surface area contributed by atoms with Gasteiger partial charge < -0.3 is 10.4 Å². The molecule has 122 valence electrons. The molecule has 4 nitrogen and oxygen atoms in total. The van der Waals surface area contributed by atoms with Gasteiger partial charge in [0.25, 0.3) is 0 Å². The number of carbonyl (C=O) groups is 1. The summed E-state index contributed by atoms with van der Waals surface area (Å²) in [6.07, 6.45) is 5.16. The summed E-state index contributed by atoms with van der Waals surface area (Å²) in [5, 5.41) is 12.4. The first-order chi connectivity index (χ1) is 10.6. The second kappa shape index (κ2) is 8.32.